The number of esters is 1. The van der Waals surface area contributed by atoms with Crippen LogP contribution in [0.3, 0.4) is 0 Å². The Morgan fingerprint density at radius 1 is 1.14 bits per heavy atom. The molecule has 0 radical (unpaired) electrons. The molecular weight excluding hydrogens is 354 g/mol. The lowest BCUT2D eigenvalue weighted by molar-refractivity contribution is 0.0585. The number of nitrogens with zero attached hydrogens (tertiary/aromatic N) is 3. The standard InChI is InChI=1S/C22H19N3O3/c1-27-22(26)19-20(28-12-14-5-3-2-4-6-14)17-10-9-16(15-7-8-15)11-18(17)21-23-13-24-25(19)21/h2-6,9-11,13,15H,7-8,12H2,1H3. The van der Waals surface area contributed by atoms with Crippen molar-refractivity contribution in [1.29, 1.82) is 0 Å². The molecule has 0 atom stereocenters. The smallest absolute Gasteiger partial charge is 0.360 e. The molecule has 2 aromatic heterocycles. The Balaban J connectivity index is 1.72. The molecule has 6 heteroatoms. The van der Waals surface area contributed by atoms with Crippen LogP contribution in [-0.2, 0) is 11.3 Å². The van der Waals surface area contributed by atoms with Gasteiger partial charge in [-0.15, -0.1) is 0 Å². The Morgan fingerprint density at radius 3 is 2.71 bits per heavy atom. The zero-order valence-corrected chi connectivity index (χ0v) is 15.5. The maximum absolute atomic E-state index is 12.6. The third kappa shape index (κ3) is 2.78. The number of benzene rings is 2. The molecule has 1 aliphatic rings. The SMILES string of the molecule is COC(=O)c1c(OCc2ccccc2)c2ccc(C3CC3)cc2c2ncnn12. The number of carbonyl (C=O) groups is 1. The molecule has 0 N–H and O–H groups in total. The number of fused-ring (bicyclic) bond motifs is 3. The molecular formula is C22H19N3O3. The van der Waals surface area contributed by atoms with E-state index in [0.717, 1.165) is 16.3 Å². The lowest BCUT2D eigenvalue weighted by Crippen LogP contribution is -2.13. The largest absolute Gasteiger partial charge is 0.486 e. The van der Waals surface area contributed by atoms with Crippen molar-refractivity contribution in [2.24, 2.45) is 0 Å². The maximum Gasteiger partial charge on any atom is 0.360 e. The van der Waals surface area contributed by atoms with Crippen LogP contribution in [0, 0.1) is 0 Å². The molecule has 6 nitrogen and oxygen atoms in total. The topological polar surface area (TPSA) is 65.7 Å². The molecule has 1 fully saturated rings. The Labute approximate surface area is 161 Å². The molecule has 2 aromatic carbocycles. The van der Waals surface area contributed by atoms with Gasteiger partial charge in [0.15, 0.2) is 17.1 Å². The molecule has 4 aromatic rings. The van der Waals surface area contributed by atoms with Crippen molar-refractivity contribution in [2.45, 2.75) is 25.4 Å². The summed E-state index contributed by atoms with van der Waals surface area (Å²) in [5.41, 5.74) is 3.18. The van der Waals surface area contributed by atoms with Crippen LogP contribution >= 0.6 is 0 Å². The molecule has 1 aliphatic carbocycles. The minimum absolute atomic E-state index is 0.248. The molecule has 0 amide bonds. The van der Waals surface area contributed by atoms with E-state index in [-0.39, 0.29) is 5.69 Å². The predicted octanol–water partition coefficient (Wildman–Crippen LogP) is 4.13. The average Bonchev–Trinajstić information content (AvgIpc) is 3.48. The van der Waals surface area contributed by atoms with E-state index < -0.39 is 5.97 Å². The summed E-state index contributed by atoms with van der Waals surface area (Å²) in [4.78, 5) is 17.0. The van der Waals surface area contributed by atoms with Gasteiger partial charge in [-0.05, 0) is 36.0 Å². The van der Waals surface area contributed by atoms with Crippen LogP contribution in [0.15, 0.2) is 54.9 Å². The maximum atomic E-state index is 12.6. The summed E-state index contributed by atoms with van der Waals surface area (Å²) in [5.74, 6) is 0.569. The van der Waals surface area contributed by atoms with Gasteiger partial charge in [0.2, 0.25) is 0 Å². The first-order chi connectivity index (χ1) is 13.8. The molecule has 28 heavy (non-hydrogen) atoms. The monoisotopic (exact) mass is 373 g/mol. The Hall–Kier alpha value is -3.41. The summed E-state index contributed by atoms with van der Waals surface area (Å²) in [6.07, 6.45) is 3.88. The summed E-state index contributed by atoms with van der Waals surface area (Å²) in [6.45, 7) is 0.338. The van der Waals surface area contributed by atoms with Crippen LogP contribution in [0.5, 0.6) is 5.75 Å². The van der Waals surface area contributed by atoms with Crippen LogP contribution in [0.1, 0.15) is 40.4 Å². The molecule has 0 spiro atoms. The number of hydrogen-bond donors (Lipinski definition) is 0. The summed E-state index contributed by atoms with van der Waals surface area (Å²) >= 11 is 0. The van der Waals surface area contributed by atoms with Gasteiger partial charge in [0.25, 0.3) is 0 Å². The average molecular weight is 373 g/mol. The quantitative estimate of drug-likeness (QED) is 0.492. The Morgan fingerprint density at radius 2 is 1.96 bits per heavy atom. The van der Waals surface area contributed by atoms with Gasteiger partial charge in [0.05, 0.1) is 7.11 Å². The first-order valence-corrected chi connectivity index (χ1v) is 9.30. The zero-order valence-electron chi connectivity index (χ0n) is 15.5. The molecule has 0 bridgehead atoms. The number of hydrogen-bond acceptors (Lipinski definition) is 5. The van der Waals surface area contributed by atoms with Gasteiger partial charge in [-0.3, -0.25) is 0 Å². The summed E-state index contributed by atoms with van der Waals surface area (Å²) in [6, 6.07) is 16.1. The molecule has 0 aliphatic heterocycles. The molecule has 5 rings (SSSR count). The number of carbonyl (C=O) groups excluding carboxylic acids is 1. The number of methoxy groups -OCH3 is 1. The van der Waals surface area contributed by atoms with Crippen molar-refractivity contribution in [3.05, 3.63) is 71.7 Å². The molecule has 0 saturated heterocycles. The third-order valence-electron chi connectivity index (χ3n) is 5.16. The van der Waals surface area contributed by atoms with Gasteiger partial charge in [0, 0.05) is 10.8 Å². The van der Waals surface area contributed by atoms with Gasteiger partial charge in [0.1, 0.15) is 12.9 Å². The second-order valence-corrected chi connectivity index (χ2v) is 7.02. The number of pyridine rings is 1. The highest BCUT2D eigenvalue weighted by atomic mass is 16.5. The van der Waals surface area contributed by atoms with Crippen LogP contribution in [0.2, 0.25) is 0 Å². The summed E-state index contributed by atoms with van der Waals surface area (Å²) in [7, 11) is 1.35. The minimum Gasteiger partial charge on any atom is -0.486 e. The van der Waals surface area contributed by atoms with E-state index in [2.05, 4.69) is 22.2 Å². The zero-order chi connectivity index (χ0) is 19.1. The van der Waals surface area contributed by atoms with E-state index in [0.29, 0.717) is 23.9 Å². The molecule has 1 saturated carbocycles. The van der Waals surface area contributed by atoms with Crippen LogP contribution in [0.25, 0.3) is 16.4 Å². The lowest BCUT2D eigenvalue weighted by Gasteiger charge is -2.15. The Bertz CT molecular complexity index is 1180. The van der Waals surface area contributed by atoms with Crippen molar-refractivity contribution in [3.8, 4) is 5.75 Å². The van der Waals surface area contributed by atoms with Crippen molar-refractivity contribution < 1.29 is 14.3 Å². The van der Waals surface area contributed by atoms with E-state index in [4.69, 9.17) is 9.47 Å². The van der Waals surface area contributed by atoms with Gasteiger partial charge in [-0.2, -0.15) is 5.10 Å². The lowest BCUT2D eigenvalue weighted by atomic mass is 10.0. The highest BCUT2D eigenvalue weighted by Crippen LogP contribution is 2.42. The van der Waals surface area contributed by atoms with Crippen molar-refractivity contribution in [2.75, 3.05) is 7.11 Å². The van der Waals surface area contributed by atoms with Gasteiger partial charge >= 0.3 is 5.97 Å². The summed E-state index contributed by atoms with van der Waals surface area (Å²) in [5, 5.41) is 6.03. The Kier molecular flexibility index (Phi) is 3.97. The van der Waals surface area contributed by atoms with E-state index in [1.165, 1.54) is 36.4 Å². The molecule has 140 valence electrons. The highest BCUT2D eigenvalue weighted by Gasteiger charge is 2.27. The number of rotatable bonds is 5. The van der Waals surface area contributed by atoms with Crippen molar-refractivity contribution >= 4 is 22.4 Å². The fourth-order valence-corrected chi connectivity index (χ4v) is 3.58. The van der Waals surface area contributed by atoms with Crippen LogP contribution < -0.4 is 4.74 Å². The van der Waals surface area contributed by atoms with E-state index in [1.807, 2.05) is 36.4 Å². The van der Waals surface area contributed by atoms with Crippen LogP contribution in [-0.4, -0.2) is 27.7 Å². The second kappa shape index (κ2) is 6.64. The van der Waals surface area contributed by atoms with E-state index in [9.17, 15) is 4.79 Å². The molecule has 0 unspecified atom stereocenters. The minimum atomic E-state index is -0.508. The first kappa shape index (κ1) is 16.7. The number of aromatic nitrogens is 3. The van der Waals surface area contributed by atoms with Crippen molar-refractivity contribution in [1.82, 2.24) is 14.6 Å². The highest BCUT2D eigenvalue weighted by molar-refractivity contribution is 6.05. The van der Waals surface area contributed by atoms with Crippen molar-refractivity contribution in [3.63, 3.8) is 0 Å². The summed E-state index contributed by atoms with van der Waals surface area (Å²) < 4.78 is 12.7. The van der Waals surface area contributed by atoms with E-state index >= 15 is 0 Å². The first-order valence-electron chi connectivity index (χ1n) is 9.30. The fraction of sp³-hybridized carbons (Fsp3) is 0.227. The van der Waals surface area contributed by atoms with Gasteiger partial charge < -0.3 is 9.47 Å². The van der Waals surface area contributed by atoms with Gasteiger partial charge in [-0.1, -0.05) is 42.5 Å². The predicted molar refractivity (Wildman–Crippen MR) is 105 cm³/mol. The normalized spacial score (nSPS) is 13.8. The fourth-order valence-electron chi connectivity index (χ4n) is 3.58. The van der Waals surface area contributed by atoms with Gasteiger partial charge in [-0.25, -0.2) is 14.3 Å². The molecule has 2 heterocycles. The second-order valence-electron chi connectivity index (χ2n) is 7.02. The van der Waals surface area contributed by atoms with E-state index in [1.54, 1.807) is 0 Å². The number of ether oxygens (including phenoxy) is 2. The van der Waals surface area contributed by atoms with Crippen LogP contribution in [0.4, 0.5) is 0 Å². The third-order valence-corrected chi connectivity index (χ3v) is 5.16.